The second-order valence-corrected chi connectivity index (χ2v) is 4.81. The molecule has 0 saturated heterocycles. The predicted molar refractivity (Wildman–Crippen MR) is 82.7 cm³/mol. The molecule has 0 unspecified atom stereocenters. The molecule has 4 nitrogen and oxygen atoms in total. The summed E-state index contributed by atoms with van der Waals surface area (Å²) in [4.78, 5) is 11.8. The van der Waals surface area contributed by atoms with Crippen LogP contribution in [-0.2, 0) is 11.3 Å². The average Bonchev–Trinajstić information content (AvgIpc) is 2.51. The first-order valence-corrected chi connectivity index (χ1v) is 6.73. The summed E-state index contributed by atoms with van der Waals surface area (Å²) < 4.78 is 0. The number of hydrogen-bond donors (Lipinski definition) is 2. The molecule has 2 aromatic carbocycles. The zero-order valence-electron chi connectivity index (χ0n) is 11.9. The van der Waals surface area contributed by atoms with Crippen molar-refractivity contribution in [2.45, 2.75) is 13.5 Å². The highest BCUT2D eigenvalue weighted by Gasteiger charge is 2.01. The fourth-order valence-corrected chi connectivity index (χ4v) is 1.93. The fraction of sp³-hybridized carbons (Fsp3) is 0.176. The van der Waals surface area contributed by atoms with Crippen molar-refractivity contribution in [1.29, 1.82) is 5.26 Å². The Balaban J connectivity index is 1.78. The van der Waals surface area contributed by atoms with Crippen LogP contribution in [0.1, 0.15) is 16.7 Å². The molecule has 0 bridgehead atoms. The van der Waals surface area contributed by atoms with Crippen LogP contribution < -0.4 is 10.6 Å². The van der Waals surface area contributed by atoms with E-state index in [1.165, 1.54) is 5.56 Å². The molecule has 2 aromatic rings. The van der Waals surface area contributed by atoms with Crippen LogP contribution in [0.2, 0.25) is 0 Å². The van der Waals surface area contributed by atoms with Crippen molar-refractivity contribution in [1.82, 2.24) is 5.32 Å². The molecule has 21 heavy (non-hydrogen) atoms. The standard InChI is InChI=1S/C17H17N3O/c1-13-3-2-4-15(9-13)11-20-17(21)12-19-16-7-5-14(10-18)6-8-16/h2-9,19H,11-12H2,1H3,(H,20,21). The van der Waals surface area contributed by atoms with Gasteiger partial charge in [0.25, 0.3) is 0 Å². The normalized spacial score (nSPS) is 9.71. The molecule has 106 valence electrons. The third-order valence-corrected chi connectivity index (χ3v) is 3.04. The van der Waals surface area contributed by atoms with Gasteiger partial charge >= 0.3 is 0 Å². The lowest BCUT2D eigenvalue weighted by Gasteiger charge is -2.08. The Morgan fingerprint density at radius 3 is 2.62 bits per heavy atom. The number of nitriles is 1. The number of nitrogens with zero attached hydrogens (tertiary/aromatic N) is 1. The second-order valence-electron chi connectivity index (χ2n) is 4.81. The van der Waals surface area contributed by atoms with Crippen LogP contribution in [0.4, 0.5) is 5.69 Å². The first kappa shape index (κ1) is 14.6. The van der Waals surface area contributed by atoms with Gasteiger partial charge in [0.05, 0.1) is 18.2 Å². The van der Waals surface area contributed by atoms with Gasteiger partial charge in [-0.1, -0.05) is 29.8 Å². The van der Waals surface area contributed by atoms with Gasteiger partial charge in [0, 0.05) is 12.2 Å². The van der Waals surface area contributed by atoms with Crippen LogP contribution >= 0.6 is 0 Å². The topological polar surface area (TPSA) is 64.9 Å². The highest BCUT2D eigenvalue weighted by Crippen LogP contribution is 2.08. The van der Waals surface area contributed by atoms with E-state index in [2.05, 4.69) is 16.7 Å². The van der Waals surface area contributed by atoms with Crippen LogP contribution in [-0.4, -0.2) is 12.5 Å². The molecule has 0 aliphatic carbocycles. The molecule has 1 amide bonds. The molecule has 2 N–H and O–H groups in total. The zero-order chi connectivity index (χ0) is 15.1. The maximum Gasteiger partial charge on any atom is 0.239 e. The number of carbonyl (C=O) groups excluding carboxylic acids is 1. The largest absolute Gasteiger partial charge is 0.376 e. The Kier molecular flexibility index (Phi) is 4.94. The Labute approximate surface area is 124 Å². The lowest BCUT2D eigenvalue weighted by molar-refractivity contribution is -0.119. The van der Waals surface area contributed by atoms with E-state index in [-0.39, 0.29) is 12.5 Å². The SMILES string of the molecule is Cc1cccc(CNC(=O)CNc2ccc(C#N)cc2)c1. The van der Waals surface area contributed by atoms with Gasteiger partial charge in [-0.3, -0.25) is 4.79 Å². The van der Waals surface area contributed by atoms with E-state index in [1.807, 2.05) is 31.2 Å². The quantitative estimate of drug-likeness (QED) is 0.884. The maximum atomic E-state index is 11.8. The molecule has 4 heteroatoms. The van der Waals surface area contributed by atoms with Crippen molar-refractivity contribution in [3.63, 3.8) is 0 Å². The monoisotopic (exact) mass is 279 g/mol. The number of aryl methyl sites for hydroxylation is 1. The van der Waals surface area contributed by atoms with Crippen LogP contribution in [0.5, 0.6) is 0 Å². The molecule has 0 fully saturated rings. The molecule has 0 atom stereocenters. The molecule has 2 rings (SSSR count). The Bertz CT molecular complexity index is 656. The molecule has 0 aliphatic rings. The van der Waals surface area contributed by atoms with Gasteiger partial charge in [0.15, 0.2) is 0 Å². The van der Waals surface area contributed by atoms with Gasteiger partial charge in [0.1, 0.15) is 0 Å². The number of anilines is 1. The molecule has 0 heterocycles. The van der Waals surface area contributed by atoms with E-state index in [4.69, 9.17) is 5.26 Å². The van der Waals surface area contributed by atoms with Crippen LogP contribution in [0.25, 0.3) is 0 Å². The molecular formula is C17H17N3O. The van der Waals surface area contributed by atoms with Gasteiger partial charge in [-0.2, -0.15) is 5.26 Å². The summed E-state index contributed by atoms with van der Waals surface area (Å²) in [7, 11) is 0. The lowest BCUT2D eigenvalue weighted by Crippen LogP contribution is -2.29. The van der Waals surface area contributed by atoms with Crippen LogP contribution in [0, 0.1) is 18.3 Å². The Hall–Kier alpha value is -2.80. The van der Waals surface area contributed by atoms with Gasteiger partial charge in [0.2, 0.25) is 5.91 Å². The Morgan fingerprint density at radius 1 is 1.19 bits per heavy atom. The minimum atomic E-state index is -0.0686. The lowest BCUT2D eigenvalue weighted by atomic mass is 10.1. The molecule has 0 radical (unpaired) electrons. The average molecular weight is 279 g/mol. The van der Waals surface area contributed by atoms with Crippen LogP contribution in [0.3, 0.4) is 0 Å². The zero-order valence-corrected chi connectivity index (χ0v) is 11.9. The number of hydrogen-bond acceptors (Lipinski definition) is 3. The smallest absolute Gasteiger partial charge is 0.239 e. The number of benzene rings is 2. The minimum Gasteiger partial charge on any atom is -0.376 e. The summed E-state index contributed by atoms with van der Waals surface area (Å²) in [6.45, 7) is 2.76. The van der Waals surface area contributed by atoms with Gasteiger partial charge < -0.3 is 10.6 Å². The molecule has 0 aromatic heterocycles. The summed E-state index contributed by atoms with van der Waals surface area (Å²) in [6, 6.07) is 17.1. The highest BCUT2D eigenvalue weighted by atomic mass is 16.1. The van der Waals surface area contributed by atoms with Crippen molar-refractivity contribution in [2.75, 3.05) is 11.9 Å². The third-order valence-electron chi connectivity index (χ3n) is 3.04. The number of amides is 1. The molecule has 0 saturated carbocycles. The van der Waals surface area contributed by atoms with E-state index >= 15 is 0 Å². The number of carbonyl (C=O) groups is 1. The summed E-state index contributed by atoms with van der Waals surface area (Å²) in [5.74, 6) is -0.0686. The van der Waals surface area contributed by atoms with Crippen molar-refractivity contribution in [3.8, 4) is 6.07 Å². The summed E-state index contributed by atoms with van der Waals surface area (Å²) in [5.41, 5.74) is 3.68. The summed E-state index contributed by atoms with van der Waals surface area (Å²) >= 11 is 0. The van der Waals surface area contributed by atoms with E-state index in [9.17, 15) is 4.79 Å². The van der Waals surface area contributed by atoms with E-state index in [1.54, 1.807) is 24.3 Å². The van der Waals surface area contributed by atoms with E-state index < -0.39 is 0 Å². The first-order chi connectivity index (χ1) is 10.2. The summed E-state index contributed by atoms with van der Waals surface area (Å²) in [6.07, 6.45) is 0. The molecule has 0 spiro atoms. The maximum absolute atomic E-state index is 11.8. The summed E-state index contributed by atoms with van der Waals surface area (Å²) in [5, 5.41) is 14.6. The van der Waals surface area contributed by atoms with Crippen molar-refractivity contribution in [3.05, 3.63) is 65.2 Å². The van der Waals surface area contributed by atoms with Crippen molar-refractivity contribution >= 4 is 11.6 Å². The van der Waals surface area contributed by atoms with Gasteiger partial charge in [-0.05, 0) is 36.8 Å². The van der Waals surface area contributed by atoms with Crippen molar-refractivity contribution in [2.24, 2.45) is 0 Å². The Morgan fingerprint density at radius 2 is 1.95 bits per heavy atom. The third kappa shape index (κ3) is 4.66. The predicted octanol–water partition coefficient (Wildman–Crippen LogP) is 2.60. The highest BCUT2D eigenvalue weighted by molar-refractivity contribution is 5.80. The molecular weight excluding hydrogens is 262 g/mol. The fourth-order valence-electron chi connectivity index (χ4n) is 1.93. The van der Waals surface area contributed by atoms with Crippen molar-refractivity contribution < 1.29 is 4.79 Å². The second kappa shape index (κ2) is 7.11. The molecule has 0 aliphatic heterocycles. The van der Waals surface area contributed by atoms with Gasteiger partial charge in [-0.25, -0.2) is 0 Å². The van der Waals surface area contributed by atoms with Gasteiger partial charge in [-0.15, -0.1) is 0 Å². The first-order valence-electron chi connectivity index (χ1n) is 6.73. The van der Waals surface area contributed by atoms with E-state index in [0.717, 1.165) is 11.3 Å². The minimum absolute atomic E-state index is 0.0686. The van der Waals surface area contributed by atoms with E-state index in [0.29, 0.717) is 12.1 Å². The number of nitrogens with one attached hydrogen (secondary N) is 2. The number of rotatable bonds is 5. The van der Waals surface area contributed by atoms with Crippen LogP contribution in [0.15, 0.2) is 48.5 Å².